The van der Waals surface area contributed by atoms with Crippen LogP contribution in [-0.4, -0.2) is 21.6 Å². The molecule has 7 nitrogen and oxygen atoms in total. The van der Waals surface area contributed by atoms with Crippen molar-refractivity contribution in [1.29, 1.82) is 0 Å². The summed E-state index contributed by atoms with van der Waals surface area (Å²) in [6, 6.07) is 21.2. The van der Waals surface area contributed by atoms with Crippen LogP contribution < -0.4 is 5.32 Å². The van der Waals surface area contributed by atoms with Gasteiger partial charge in [-0.25, -0.2) is 4.79 Å². The molecular weight excluding hydrogens is 382 g/mol. The highest BCUT2D eigenvalue weighted by molar-refractivity contribution is 5.97. The minimum atomic E-state index is -1.15. The Labute approximate surface area is 172 Å². The number of amides is 1. The van der Waals surface area contributed by atoms with Crippen molar-refractivity contribution in [2.24, 2.45) is 0 Å². The number of carbonyl (C=O) groups excluding carboxylic acids is 2. The first-order valence-electron chi connectivity index (χ1n) is 9.34. The van der Waals surface area contributed by atoms with Crippen LogP contribution in [0.15, 0.2) is 89.7 Å². The van der Waals surface area contributed by atoms with E-state index < -0.39 is 18.0 Å². The second-order valence-electron chi connectivity index (χ2n) is 6.65. The lowest BCUT2D eigenvalue weighted by Crippen LogP contribution is -2.26. The number of hydrogen-bond donors (Lipinski definition) is 1. The molecule has 0 aliphatic heterocycles. The topological polar surface area (TPSA) is 86.4 Å². The second-order valence-corrected chi connectivity index (χ2v) is 6.65. The molecule has 0 radical (unpaired) electrons. The lowest BCUT2D eigenvalue weighted by molar-refractivity contribution is -0.125. The molecule has 2 aromatic carbocycles. The zero-order valence-corrected chi connectivity index (χ0v) is 16.2. The van der Waals surface area contributed by atoms with E-state index in [2.05, 4.69) is 10.5 Å². The minimum absolute atomic E-state index is 0.254. The molecule has 1 amide bonds. The Balaban J connectivity index is 1.58. The summed E-state index contributed by atoms with van der Waals surface area (Å²) in [5, 5.41) is 6.39. The number of ether oxygens (including phenoxy) is 1. The van der Waals surface area contributed by atoms with Gasteiger partial charge in [0.25, 0.3) is 5.91 Å². The van der Waals surface area contributed by atoms with E-state index in [0.29, 0.717) is 16.9 Å². The predicted octanol–water partition coefficient (Wildman–Crippen LogP) is 4.31. The van der Waals surface area contributed by atoms with Gasteiger partial charge in [0.2, 0.25) is 6.10 Å². The Morgan fingerprint density at radius 2 is 1.77 bits per heavy atom. The highest BCUT2D eigenvalue weighted by Gasteiger charge is 2.26. The number of rotatable bonds is 6. The molecule has 0 fully saturated rings. The third kappa shape index (κ3) is 4.30. The fourth-order valence-corrected chi connectivity index (χ4v) is 2.99. The molecule has 0 saturated heterocycles. The highest BCUT2D eigenvalue weighted by atomic mass is 16.5. The van der Waals surface area contributed by atoms with Crippen LogP contribution in [0.1, 0.15) is 27.8 Å². The van der Waals surface area contributed by atoms with Crippen molar-refractivity contribution in [3.63, 3.8) is 0 Å². The van der Waals surface area contributed by atoms with Gasteiger partial charge in [0.15, 0.2) is 5.82 Å². The lowest BCUT2D eigenvalue weighted by Gasteiger charge is -2.17. The molecule has 150 valence electrons. The first-order chi connectivity index (χ1) is 14.6. The van der Waals surface area contributed by atoms with Gasteiger partial charge in [-0.1, -0.05) is 41.6 Å². The predicted molar refractivity (Wildman–Crippen MR) is 110 cm³/mol. The van der Waals surface area contributed by atoms with E-state index in [9.17, 15) is 9.59 Å². The number of hydrogen-bond acceptors (Lipinski definition) is 5. The number of aryl methyl sites for hydroxylation is 1. The van der Waals surface area contributed by atoms with Crippen LogP contribution in [0.3, 0.4) is 0 Å². The molecular formula is C23H19N3O4. The third-order valence-electron chi connectivity index (χ3n) is 4.43. The summed E-state index contributed by atoms with van der Waals surface area (Å²) in [5.74, 6) is -0.321. The smallest absolute Gasteiger partial charge is 0.339 e. The number of esters is 1. The quantitative estimate of drug-likeness (QED) is 0.487. The molecule has 0 bridgehead atoms. The molecule has 4 rings (SSSR count). The number of aromatic nitrogens is 2. The summed E-state index contributed by atoms with van der Waals surface area (Å²) < 4.78 is 12.5. The summed E-state index contributed by atoms with van der Waals surface area (Å²) in [6.07, 6.45) is 2.61. The molecule has 0 aliphatic rings. The fourth-order valence-electron chi connectivity index (χ4n) is 2.99. The number of carbonyl (C=O) groups is 2. The van der Waals surface area contributed by atoms with E-state index >= 15 is 0 Å². The highest BCUT2D eigenvalue weighted by Crippen LogP contribution is 2.22. The Morgan fingerprint density at radius 1 is 1.00 bits per heavy atom. The molecule has 1 atom stereocenters. The van der Waals surface area contributed by atoms with Gasteiger partial charge in [0.1, 0.15) is 5.76 Å². The first kappa shape index (κ1) is 19.2. The number of nitrogens with zero attached hydrogens (tertiary/aromatic N) is 2. The minimum Gasteiger partial charge on any atom is -0.444 e. The van der Waals surface area contributed by atoms with Crippen molar-refractivity contribution >= 4 is 17.7 Å². The van der Waals surface area contributed by atoms with Gasteiger partial charge in [-0.05, 0) is 37.3 Å². The molecule has 0 spiro atoms. The van der Waals surface area contributed by atoms with Crippen molar-refractivity contribution in [3.8, 4) is 5.69 Å². The molecule has 0 aliphatic carbocycles. The molecule has 7 heteroatoms. The average molecular weight is 401 g/mol. The first-order valence-corrected chi connectivity index (χ1v) is 9.34. The summed E-state index contributed by atoms with van der Waals surface area (Å²) in [5.41, 5.74) is 1.70. The van der Waals surface area contributed by atoms with Crippen LogP contribution in [0.4, 0.5) is 5.82 Å². The molecule has 2 heterocycles. The van der Waals surface area contributed by atoms with E-state index in [1.54, 1.807) is 55.5 Å². The third-order valence-corrected chi connectivity index (χ3v) is 4.43. The molecule has 4 aromatic rings. The van der Waals surface area contributed by atoms with Crippen LogP contribution in [0, 0.1) is 6.92 Å². The van der Waals surface area contributed by atoms with Crippen LogP contribution in [0.5, 0.6) is 0 Å². The van der Waals surface area contributed by atoms with E-state index in [4.69, 9.17) is 9.26 Å². The van der Waals surface area contributed by atoms with E-state index in [-0.39, 0.29) is 5.82 Å². The lowest BCUT2D eigenvalue weighted by atomic mass is 10.1. The Morgan fingerprint density at radius 3 is 2.47 bits per heavy atom. The maximum absolute atomic E-state index is 12.9. The molecule has 1 unspecified atom stereocenters. The van der Waals surface area contributed by atoms with Crippen molar-refractivity contribution in [1.82, 2.24) is 9.72 Å². The van der Waals surface area contributed by atoms with Crippen LogP contribution in [-0.2, 0) is 9.53 Å². The molecule has 1 N–H and O–H groups in total. The van der Waals surface area contributed by atoms with Gasteiger partial charge >= 0.3 is 5.97 Å². The number of nitrogens with one attached hydrogen (secondary N) is 1. The number of benzene rings is 2. The number of anilines is 1. The fraction of sp³-hybridized carbons (Fsp3) is 0.0870. The van der Waals surface area contributed by atoms with Crippen LogP contribution in [0.2, 0.25) is 0 Å². The van der Waals surface area contributed by atoms with E-state index in [1.807, 2.05) is 41.2 Å². The van der Waals surface area contributed by atoms with E-state index in [1.165, 1.54) is 0 Å². The van der Waals surface area contributed by atoms with E-state index in [0.717, 1.165) is 5.69 Å². The SMILES string of the molecule is Cc1cc(NC(=O)C(OC(=O)c2cccc(-n3cccc3)c2)c2ccccc2)no1. The zero-order valence-electron chi connectivity index (χ0n) is 16.2. The maximum Gasteiger partial charge on any atom is 0.339 e. The largest absolute Gasteiger partial charge is 0.444 e. The van der Waals surface area contributed by atoms with Crippen molar-refractivity contribution < 1.29 is 18.8 Å². The van der Waals surface area contributed by atoms with Gasteiger partial charge in [-0.15, -0.1) is 0 Å². The summed E-state index contributed by atoms with van der Waals surface area (Å²) >= 11 is 0. The van der Waals surface area contributed by atoms with Crippen molar-refractivity contribution in [2.45, 2.75) is 13.0 Å². The van der Waals surface area contributed by atoms with Gasteiger partial charge in [0.05, 0.1) is 5.56 Å². The van der Waals surface area contributed by atoms with Gasteiger partial charge in [-0.2, -0.15) is 0 Å². The summed E-state index contributed by atoms with van der Waals surface area (Å²) in [6.45, 7) is 1.72. The van der Waals surface area contributed by atoms with Gasteiger partial charge in [-0.3, -0.25) is 4.79 Å². The zero-order chi connectivity index (χ0) is 20.9. The normalized spacial score (nSPS) is 11.6. The standard InChI is InChI=1S/C23H19N3O4/c1-16-14-20(25-30-16)24-22(27)21(17-8-3-2-4-9-17)29-23(28)18-10-7-11-19(15-18)26-12-5-6-13-26/h2-15,21H,1H3,(H,24,25,27). The Bertz CT molecular complexity index is 1150. The molecule has 30 heavy (non-hydrogen) atoms. The second kappa shape index (κ2) is 8.48. The van der Waals surface area contributed by atoms with Crippen LogP contribution >= 0.6 is 0 Å². The van der Waals surface area contributed by atoms with Gasteiger partial charge < -0.3 is 19.1 Å². The monoisotopic (exact) mass is 401 g/mol. The summed E-state index contributed by atoms with van der Waals surface area (Å²) in [4.78, 5) is 25.7. The molecule has 2 aromatic heterocycles. The van der Waals surface area contributed by atoms with Crippen LogP contribution in [0.25, 0.3) is 5.69 Å². The van der Waals surface area contributed by atoms with Crippen molar-refractivity contribution in [2.75, 3.05) is 5.32 Å². The maximum atomic E-state index is 12.9. The Hall–Kier alpha value is -4.13. The van der Waals surface area contributed by atoms with Crippen molar-refractivity contribution in [3.05, 3.63) is 102 Å². The Kier molecular flexibility index (Phi) is 5.43. The summed E-state index contributed by atoms with van der Waals surface area (Å²) in [7, 11) is 0. The van der Waals surface area contributed by atoms with Gasteiger partial charge in [0, 0.05) is 29.7 Å². The average Bonchev–Trinajstić information content (AvgIpc) is 3.44. The molecule has 0 saturated carbocycles.